The van der Waals surface area contributed by atoms with E-state index in [0.29, 0.717) is 92.4 Å². The van der Waals surface area contributed by atoms with Crippen LogP contribution in [0, 0.1) is 106 Å². The zero-order chi connectivity index (χ0) is 104. The van der Waals surface area contributed by atoms with Crippen LogP contribution in [0.4, 0.5) is 51.7 Å². The van der Waals surface area contributed by atoms with Crippen LogP contribution in [0.1, 0.15) is 130 Å². The lowest BCUT2D eigenvalue weighted by Gasteiger charge is -2.07. The van der Waals surface area contributed by atoms with Gasteiger partial charge in [-0.25, -0.2) is 45.7 Å². The Morgan fingerprint density at radius 2 is 0.538 bits per heavy atom. The second-order valence-electron chi connectivity index (χ2n) is 32.6. The quantitative estimate of drug-likeness (QED) is 0.0360. The zero-order valence-corrected chi connectivity index (χ0v) is 83.3. The third-order valence-corrected chi connectivity index (χ3v) is 23.0. The number of aryl methyl sites for hydroxylation is 12. The highest BCUT2D eigenvalue weighted by Gasteiger charge is 2.24. The Labute approximate surface area is 855 Å². The second-order valence-corrected chi connectivity index (χ2v) is 35.2. The van der Waals surface area contributed by atoms with Crippen molar-refractivity contribution in [3.8, 4) is 51.4 Å². The lowest BCUT2D eigenvalue weighted by molar-refractivity contribution is 0.101. The molecule has 9 N–H and O–H groups in total. The highest BCUT2D eigenvalue weighted by molar-refractivity contribution is 6.33. The summed E-state index contributed by atoms with van der Waals surface area (Å²) in [7, 11) is 0. The summed E-state index contributed by atoms with van der Waals surface area (Å²) in [4.78, 5) is 73.9. The fourth-order valence-corrected chi connectivity index (χ4v) is 14.2. The number of hydrogen-bond donors (Lipinski definition) is 9. The third-order valence-electron chi connectivity index (χ3n) is 21.6. The van der Waals surface area contributed by atoms with E-state index in [1.807, 2.05) is 66.7 Å². The molecular weight excluding hydrogens is 1990 g/mol. The van der Waals surface area contributed by atoms with Gasteiger partial charge in [0, 0.05) is 76.4 Å². The first-order valence-electron chi connectivity index (χ1n) is 43.4. The maximum atomic E-state index is 14.1. The minimum atomic E-state index is -0.831. The van der Waals surface area contributed by atoms with Crippen LogP contribution in [0.15, 0.2) is 250 Å². The van der Waals surface area contributed by atoms with Gasteiger partial charge in [-0.05, 0) is 277 Å². The van der Waals surface area contributed by atoms with Crippen molar-refractivity contribution in [2.75, 3.05) is 31.9 Å². The summed E-state index contributed by atoms with van der Waals surface area (Å²) in [5, 5.41) is 94.9. The smallest absolute Gasteiger partial charge is 0.277 e. The number of benzene rings is 12. The van der Waals surface area contributed by atoms with E-state index < -0.39 is 46.8 Å². The molecule has 0 aliphatic carbocycles. The molecule has 18 rings (SSSR count). The van der Waals surface area contributed by atoms with Crippen LogP contribution in [-0.2, 0) is 0 Å². The number of amides is 6. The van der Waals surface area contributed by atoms with Gasteiger partial charge in [-0.15, -0.1) is 30.6 Å². The van der Waals surface area contributed by atoms with Crippen molar-refractivity contribution in [3.63, 3.8) is 0 Å². The van der Waals surface area contributed by atoms with Crippen molar-refractivity contribution in [3.05, 3.63) is 404 Å². The van der Waals surface area contributed by atoms with Gasteiger partial charge in [0.1, 0.15) is 40.2 Å². The normalized spacial score (nSPS) is 10.7. The first kappa shape index (κ1) is 105. The van der Waals surface area contributed by atoms with E-state index in [1.54, 1.807) is 204 Å². The third kappa shape index (κ3) is 27.5. The molecular formula is C102H86Cl6F4N24O9. The van der Waals surface area contributed by atoms with Crippen LogP contribution < -0.4 is 31.9 Å². The highest BCUT2D eigenvalue weighted by atomic mass is 35.5. The van der Waals surface area contributed by atoms with Gasteiger partial charge in [0.2, 0.25) is 0 Å². The zero-order valence-electron chi connectivity index (χ0n) is 78.8. The van der Waals surface area contributed by atoms with Crippen LogP contribution in [0.25, 0.3) is 34.1 Å². The summed E-state index contributed by atoms with van der Waals surface area (Å²) in [5.74, 6) is -4.79. The highest BCUT2D eigenvalue weighted by Crippen LogP contribution is 2.32. The molecule has 0 aliphatic rings. The molecule has 0 unspecified atom stereocenters. The Hall–Kier alpha value is -16.8. The van der Waals surface area contributed by atoms with E-state index in [1.165, 1.54) is 84.9 Å². The molecule has 6 amide bonds. The van der Waals surface area contributed by atoms with Crippen molar-refractivity contribution >= 4 is 139 Å². The number of carbonyl (C=O) groups is 6. The van der Waals surface area contributed by atoms with E-state index >= 15 is 0 Å². The Bertz CT molecular complexity index is 7670. The number of rotatable bonds is 18. The molecule has 0 aliphatic heterocycles. The molecule has 0 atom stereocenters. The van der Waals surface area contributed by atoms with Gasteiger partial charge in [-0.1, -0.05) is 174 Å². The molecule has 0 fully saturated rings. The van der Waals surface area contributed by atoms with Crippen molar-refractivity contribution in [2.45, 2.75) is 83.1 Å². The molecule has 0 saturated heterocycles. The number of nitrogens with one attached hydrogen (secondary N) is 6. The standard InChI is InChI=1S/C17H14ClFN4O2.3C17H14ClFN4O.2C17H15ClN4O2/c1-9-3-5-11(18)7-12(9)20-17(25)13-8-23(22-21-13)14-6-4-10(2)16(24)15(14)19;1-10-3-6-13(19)16(7-10)23-9-15(21-22-23)17(24)20-14-8-12(18)5-4-11(14)2;1-10-5-13(19)8-14(6-10)23-9-16(21-22-23)17(24)20-15-7-12(18)4-3-11(15)2;1-10-6-7-12(18)8-13(10)20-17(24)14-9-23(22-21-14)15-5-3-4-11(2)16(15)19;2*1-10-3-5-12(18)7-14(10)19-17(24)15-9-22(21-20-15)13-6-4-11(2)16(23)8-13/h3-8,24H,1-2H3,(H,20,25);3*3-9H,1-2H3,(H,20,24);2*3-9,23H,1-2H3,(H,19,24). The summed E-state index contributed by atoms with van der Waals surface area (Å²) >= 11 is 35.6. The molecule has 738 valence electrons. The van der Waals surface area contributed by atoms with Gasteiger partial charge < -0.3 is 47.2 Å². The van der Waals surface area contributed by atoms with Crippen molar-refractivity contribution in [2.24, 2.45) is 0 Å². The van der Waals surface area contributed by atoms with Gasteiger partial charge in [0.05, 0.1) is 54.2 Å². The maximum Gasteiger partial charge on any atom is 0.277 e. The molecule has 12 aromatic carbocycles. The Kier molecular flexibility index (Phi) is 34.3. The minimum absolute atomic E-state index is 0.00107. The molecule has 6 aromatic heterocycles. The van der Waals surface area contributed by atoms with E-state index in [9.17, 15) is 61.6 Å². The number of halogens is 10. The summed E-state index contributed by atoms with van der Waals surface area (Å²) in [6, 6.07) is 58.5. The largest absolute Gasteiger partial charge is 0.508 e. The van der Waals surface area contributed by atoms with Crippen LogP contribution in [0.2, 0.25) is 30.1 Å². The first-order valence-corrected chi connectivity index (χ1v) is 45.7. The molecule has 18 aromatic rings. The number of carbonyl (C=O) groups excluding carboxylic acids is 6. The van der Waals surface area contributed by atoms with Gasteiger partial charge in [0.25, 0.3) is 35.4 Å². The fraction of sp³-hybridized carbons (Fsp3) is 0.118. The number of hydrogen-bond acceptors (Lipinski definition) is 21. The van der Waals surface area contributed by atoms with E-state index in [4.69, 9.17) is 69.6 Å². The molecule has 0 spiro atoms. The monoisotopic (exact) mass is 2080 g/mol. The number of phenols is 3. The number of anilines is 6. The maximum absolute atomic E-state index is 14.1. The molecule has 43 heteroatoms. The fourth-order valence-electron chi connectivity index (χ4n) is 13.2. The van der Waals surface area contributed by atoms with Crippen LogP contribution in [-0.4, -0.2) is 141 Å². The Morgan fingerprint density at radius 3 is 0.855 bits per heavy atom. The van der Waals surface area contributed by atoms with E-state index in [-0.39, 0.29) is 80.4 Å². The molecule has 145 heavy (non-hydrogen) atoms. The number of aromatic hydroxyl groups is 3. The topological polar surface area (TPSA) is 420 Å². The van der Waals surface area contributed by atoms with Crippen molar-refractivity contribution in [1.29, 1.82) is 0 Å². The molecule has 0 bridgehead atoms. The van der Waals surface area contributed by atoms with E-state index in [0.717, 1.165) is 60.3 Å². The van der Waals surface area contributed by atoms with Crippen molar-refractivity contribution in [1.82, 2.24) is 90.0 Å². The van der Waals surface area contributed by atoms with E-state index in [2.05, 4.69) is 93.8 Å². The molecule has 33 nitrogen and oxygen atoms in total. The van der Waals surface area contributed by atoms with Gasteiger partial charge >= 0.3 is 0 Å². The first-order chi connectivity index (χ1) is 69.0. The summed E-state index contributed by atoms with van der Waals surface area (Å²) in [6.07, 6.45) is 8.49. The van der Waals surface area contributed by atoms with Gasteiger partial charge in [0.15, 0.2) is 51.5 Å². The lowest BCUT2D eigenvalue weighted by atomic mass is 10.2. The predicted octanol–water partition coefficient (Wildman–Crippen LogP) is 22.4. The van der Waals surface area contributed by atoms with Crippen LogP contribution in [0.3, 0.4) is 0 Å². The lowest BCUT2D eigenvalue weighted by Crippen LogP contribution is -2.13. The van der Waals surface area contributed by atoms with Crippen molar-refractivity contribution < 1.29 is 61.6 Å². The Morgan fingerprint density at radius 1 is 0.255 bits per heavy atom. The van der Waals surface area contributed by atoms with Crippen LogP contribution >= 0.6 is 69.6 Å². The summed E-state index contributed by atoms with van der Waals surface area (Å²) in [6.45, 7) is 21.6. The average Bonchev–Trinajstić information content (AvgIpc) is 1.71. The average molecular weight is 2080 g/mol. The van der Waals surface area contributed by atoms with Gasteiger partial charge in [-0.2, -0.15) is 0 Å². The summed E-state index contributed by atoms with van der Waals surface area (Å²) in [5.41, 5.74) is 15.6. The van der Waals surface area contributed by atoms with Crippen LogP contribution in [0.5, 0.6) is 17.2 Å². The molecule has 6 heterocycles. The summed E-state index contributed by atoms with van der Waals surface area (Å²) < 4.78 is 63.5. The SMILES string of the molecule is Cc1cc(F)cc(-n2cc(C(=O)Nc3cc(Cl)ccc3C)nn2)c1.Cc1ccc(-n2cc(C(=O)Nc3cc(Cl)ccc3C)nn2)cc1O.Cc1ccc(-n2cc(C(=O)Nc3cc(Cl)ccc3C)nn2)cc1O.Cc1ccc(Cl)cc1NC(=O)c1cn(-c2ccc(C)c(O)c2F)nn1.Cc1ccc(Cl)cc1NC(=O)c1cn(-c2cccc(C)c2F)nn1.Cc1ccc(F)c(-n2cc(C(=O)Nc3cc(Cl)ccc3C)nn2)c1. The number of aromatic nitrogens is 18. The number of nitrogens with zero attached hydrogens (tertiary/aromatic N) is 18. The van der Waals surface area contributed by atoms with Gasteiger partial charge in [-0.3, -0.25) is 28.8 Å². The molecule has 0 radical (unpaired) electrons. The number of phenolic OH excluding ortho intramolecular Hbond substituents is 3. The predicted molar refractivity (Wildman–Crippen MR) is 546 cm³/mol. The minimum Gasteiger partial charge on any atom is -0.508 e. The second kappa shape index (κ2) is 47.2. The molecule has 0 saturated carbocycles. The Balaban J connectivity index is 0.000000146.